The summed E-state index contributed by atoms with van der Waals surface area (Å²) >= 11 is 0. The van der Waals surface area contributed by atoms with Crippen molar-refractivity contribution >= 4 is 12.0 Å². The van der Waals surface area contributed by atoms with Crippen LogP contribution in [0.25, 0.3) is 0 Å². The zero-order chi connectivity index (χ0) is 15.2. The summed E-state index contributed by atoms with van der Waals surface area (Å²) in [6, 6.07) is 9.48. The maximum Gasteiger partial charge on any atom is 0.407 e. The van der Waals surface area contributed by atoms with E-state index in [4.69, 9.17) is 10.5 Å². The molecule has 0 radical (unpaired) electrons. The van der Waals surface area contributed by atoms with Gasteiger partial charge in [0.2, 0.25) is 5.91 Å². The van der Waals surface area contributed by atoms with E-state index in [-0.39, 0.29) is 30.6 Å². The van der Waals surface area contributed by atoms with E-state index >= 15 is 0 Å². The fourth-order valence-corrected chi connectivity index (χ4v) is 2.24. The number of rotatable bonds is 6. The highest BCUT2D eigenvalue weighted by Gasteiger charge is 2.32. The summed E-state index contributed by atoms with van der Waals surface area (Å²) < 4.78 is 5.14. The number of carbonyl (C=O) groups excluding carboxylic acids is 2. The van der Waals surface area contributed by atoms with E-state index in [1.165, 1.54) is 0 Å². The lowest BCUT2D eigenvalue weighted by Crippen LogP contribution is -2.56. The van der Waals surface area contributed by atoms with Gasteiger partial charge in [-0.15, -0.1) is 0 Å². The maximum atomic E-state index is 11.6. The minimum Gasteiger partial charge on any atom is -0.445 e. The zero-order valence-corrected chi connectivity index (χ0v) is 12.0. The average molecular weight is 291 g/mol. The minimum absolute atomic E-state index is 0.0887. The number of primary amides is 1. The van der Waals surface area contributed by atoms with Crippen LogP contribution in [-0.2, 0) is 16.1 Å². The molecular formula is C15H21N3O3. The van der Waals surface area contributed by atoms with Gasteiger partial charge in [-0.2, -0.15) is 0 Å². The van der Waals surface area contributed by atoms with Crippen molar-refractivity contribution in [3.05, 3.63) is 35.9 Å². The van der Waals surface area contributed by atoms with Crippen molar-refractivity contribution in [1.29, 1.82) is 0 Å². The Labute approximate surface area is 124 Å². The van der Waals surface area contributed by atoms with E-state index in [2.05, 4.69) is 10.6 Å². The first-order valence-electron chi connectivity index (χ1n) is 7.07. The van der Waals surface area contributed by atoms with Crippen LogP contribution in [0.1, 0.15) is 25.3 Å². The second-order valence-electron chi connectivity index (χ2n) is 5.36. The van der Waals surface area contributed by atoms with Gasteiger partial charge in [0.05, 0.1) is 6.04 Å². The van der Waals surface area contributed by atoms with E-state index in [1.807, 2.05) is 30.3 Å². The van der Waals surface area contributed by atoms with Crippen LogP contribution in [0.15, 0.2) is 30.3 Å². The molecule has 0 spiro atoms. The summed E-state index contributed by atoms with van der Waals surface area (Å²) in [6.07, 6.45) is 1.14. The van der Waals surface area contributed by atoms with Gasteiger partial charge in [-0.05, 0) is 25.3 Å². The molecule has 0 bridgehead atoms. The second kappa shape index (κ2) is 7.08. The number of hydrogen-bond acceptors (Lipinski definition) is 4. The predicted molar refractivity (Wildman–Crippen MR) is 78.4 cm³/mol. The molecule has 2 amide bonds. The quantitative estimate of drug-likeness (QED) is 0.726. The first-order chi connectivity index (χ1) is 10.0. The van der Waals surface area contributed by atoms with Crippen molar-refractivity contribution in [2.75, 3.05) is 0 Å². The molecule has 1 aromatic carbocycles. The summed E-state index contributed by atoms with van der Waals surface area (Å²) in [5, 5.41) is 5.91. The van der Waals surface area contributed by atoms with Gasteiger partial charge in [0.25, 0.3) is 0 Å². The van der Waals surface area contributed by atoms with Crippen molar-refractivity contribution in [3.63, 3.8) is 0 Å². The molecule has 6 nitrogen and oxygen atoms in total. The number of benzene rings is 1. The average Bonchev–Trinajstić information content (AvgIpc) is 2.43. The van der Waals surface area contributed by atoms with Crippen LogP contribution in [-0.4, -0.2) is 30.1 Å². The van der Waals surface area contributed by atoms with Gasteiger partial charge < -0.3 is 21.1 Å². The normalized spacial score (nSPS) is 22.0. The highest BCUT2D eigenvalue weighted by molar-refractivity contribution is 5.79. The van der Waals surface area contributed by atoms with Crippen LogP contribution in [0.5, 0.6) is 0 Å². The van der Waals surface area contributed by atoms with Crippen LogP contribution < -0.4 is 16.4 Å². The summed E-state index contributed by atoms with van der Waals surface area (Å²) in [5.74, 6) is -0.367. The largest absolute Gasteiger partial charge is 0.445 e. The lowest BCUT2D eigenvalue weighted by atomic mass is 9.86. The van der Waals surface area contributed by atoms with Crippen molar-refractivity contribution in [3.8, 4) is 0 Å². The van der Waals surface area contributed by atoms with Crippen molar-refractivity contribution in [2.24, 2.45) is 5.73 Å². The van der Waals surface area contributed by atoms with Gasteiger partial charge in [-0.3, -0.25) is 4.79 Å². The van der Waals surface area contributed by atoms with Crippen molar-refractivity contribution in [2.45, 2.75) is 44.5 Å². The van der Waals surface area contributed by atoms with E-state index in [0.717, 1.165) is 18.4 Å². The second-order valence-corrected chi connectivity index (χ2v) is 5.36. The number of alkyl carbamates (subject to hydrolysis) is 1. The molecule has 1 aliphatic rings. The Balaban J connectivity index is 1.61. The lowest BCUT2D eigenvalue weighted by Gasteiger charge is -2.37. The number of ether oxygens (including phenoxy) is 1. The Morgan fingerprint density at radius 3 is 2.57 bits per heavy atom. The summed E-state index contributed by atoms with van der Waals surface area (Å²) in [7, 11) is 0. The minimum atomic E-state index is -0.412. The van der Waals surface area contributed by atoms with Gasteiger partial charge >= 0.3 is 6.09 Å². The van der Waals surface area contributed by atoms with Gasteiger partial charge in [0, 0.05) is 12.1 Å². The molecule has 1 fully saturated rings. The molecule has 1 unspecified atom stereocenters. The van der Waals surface area contributed by atoms with Crippen molar-refractivity contribution in [1.82, 2.24) is 10.6 Å². The molecule has 0 saturated heterocycles. The van der Waals surface area contributed by atoms with Crippen LogP contribution in [0.3, 0.4) is 0 Å². The summed E-state index contributed by atoms with van der Waals surface area (Å²) in [5.41, 5.74) is 6.14. The molecule has 1 atom stereocenters. The van der Waals surface area contributed by atoms with Crippen LogP contribution in [0, 0.1) is 0 Å². The van der Waals surface area contributed by atoms with Gasteiger partial charge in [-0.1, -0.05) is 30.3 Å². The standard InChI is InChI=1S/C15H21N3O3/c1-10(14(16)19)17-12-7-13(8-12)18-15(20)21-9-11-5-3-2-4-6-11/h2-6,10,12-13,17H,7-9H2,1H3,(H2,16,19)(H,18,20). The Hall–Kier alpha value is -2.08. The monoisotopic (exact) mass is 291 g/mol. The Kier molecular flexibility index (Phi) is 5.16. The third kappa shape index (κ3) is 4.75. The fourth-order valence-electron chi connectivity index (χ4n) is 2.24. The highest BCUT2D eigenvalue weighted by atomic mass is 16.5. The van der Waals surface area contributed by atoms with Crippen LogP contribution >= 0.6 is 0 Å². The highest BCUT2D eigenvalue weighted by Crippen LogP contribution is 2.20. The molecule has 0 heterocycles. The molecule has 114 valence electrons. The van der Waals surface area contributed by atoms with E-state index in [0.29, 0.717) is 0 Å². The molecule has 0 aromatic heterocycles. The van der Waals surface area contributed by atoms with Crippen molar-refractivity contribution < 1.29 is 14.3 Å². The first-order valence-corrected chi connectivity index (χ1v) is 7.07. The fraction of sp³-hybridized carbons (Fsp3) is 0.467. The molecule has 1 saturated carbocycles. The molecule has 0 aliphatic heterocycles. The van der Waals surface area contributed by atoms with Crippen LogP contribution in [0.2, 0.25) is 0 Å². The smallest absolute Gasteiger partial charge is 0.407 e. The lowest BCUT2D eigenvalue weighted by molar-refractivity contribution is -0.120. The van der Waals surface area contributed by atoms with Gasteiger partial charge in [-0.25, -0.2) is 4.79 Å². The number of amides is 2. The Morgan fingerprint density at radius 2 is 1.95 bits per heavy atom. The molecule has 2 rings (SSSR count). The van der Waals surface area contributed by atoms with Crippen LogP contribution in [0.4, 0.5) is 4.79 Å². The molecule has 21 heavy (non-hydrogen) atoms. The SMILES string of the molecule is CC(NC1CC(NC(=O)OCc2ccccc2)C1)C(N)=O. The summed E-state index contributed by atoms with van der Waals surface area (Å²) in [6.45, 7) is 2.00. The molecule has 4 N–H and O–H groups in total. The number of hydrogen-bond donors (Lipinski definition) is 3. The zero-order valence-electron chi connectivity index (χ0n) is 12.0. The van der Waals surface area contributed by atoms with E-state index < -0.39 is 6.09 Å². The predicted octanol–water partition coefficient (Wildman–Crippen LogP) is 0.907. The number of nitrogens with one attached hydrogen (secondary N) is 2. The number of carbonyl (C=O) groups is 2. The molecule has 1 aliphatic carbocycles. The molecule has 1 aromatic rings. The molecule has 6 heteroatoms. The van der Waals surface area contributed by atoms with Gasteiger partial charge in [0.15, 0.2) is 0 Å². The third-order valence-corrected chi connectivity index (χ3v) is 3.59. The third-order valence-electron chi connectivity index (χ3n) is 3.59. The van der Waals surface area contributed by atoms with Gasteiger partial charge in [0.1, 0.15) is 6.61 Å². The summed E-state index contributed by atoms with van der Waals surface area (Å²) in [4.78, 5) is 22.6. The molecular weight excluding hydrogens is 270 g/mol. The Morgan fingerprint density at radius 1 is 1.29 bits per heavy atom. The topological polar surface area (TPSA) is 93.4 Å². The number of nitrogens with two attached hydrogens (primary N) is 1. The Bertz CT molecular complexity index is 486. The van der Waals surface area contributed by atoms with E-state index in [9.17, 15) is 9.59 Å². The van der Waals surface area contributed by atoms with E-state index in [1.54, 1.807) is 6.92 Å². The first kappa shape index (κ1) is 15.3. The maximum absolute atomic E-state index is 11.6.